The minimum Gasteiger partial charge on any atom is -0.493 e. The molecule has 0 bridgehead atoms. The summed E-state index contributed by atoms with van der Waals surface area (Å²) in [6.07, 6.45) is 5.62. The third-order valence-corrected chi connectivity index (χ3v) is 4.84. The predicted molar refractivity (Wildman–Crippen MR) is 86.8 cm³/mol. The maximum Gasteiger partial charge on any atom is 0.160 e. The Morgan fingerprint density at radius 3 is 2.81 bits per heavy atom. The van der Waals surface area contributed by atoms with Gasteiger partial charge in [0.25, 0.3) is 0 Å². The second-order valence-electron chi connectivity index (χ2n) is 7.56. The molecule has 1 fully saturated rings. The highest BCUT2D eigenvalue weighted by Gasteiger charge is 2.38. The zero-order valence-corrected chi connectivity index (χ0v) is 14.4. The van der Waals surface area contributed by atoms with E-state index in [1.807, 2.05) is 17.9 Å². The zero-order valence-electron chi connectivity index (χ0n) is 14.4. The second-order valence-corrected chi connectivity index (χ2v) is 7.56. The summed E-state index contributed by atoms with van der Waals surface area (Å²) in [5.41, 5.74) is 1.66. The molecular formula is C17H31N3O. The van der Waals surface area contributed by atoms with Gasteiger partial charge in [-0.2, -0.15) is 5.10 Å². The molecule has 120 valence electrons. The van der Waals surface area contributed by atoms with Crippen LogP contribution in [0.15, 0.2) is 6.20 Å². The van der Waals surface area contributed by atoms with Crippen molar-refractivity contribution < 1.29 is 4.74 Å². The van der Waals surface area contributed by atoms with E-state index in [1.54, 1.807) is 7.11 Å². The number of hydrogen-bond donors (Lipinski definition) is 1. The third-order valence-electron chi connectivity index (χ3n) is 4.84. The Bertz CT molecular complexity index is 463. The van der Waals surface area contributed by atoms with E-state index in [0.717, 1.165) is 12.3 Å². The molecule has 2 atom stereocenters. The molecule has 0 amide bonds. The number of aryl methyl sites for hydroxylation is 1. The fourth-order valence-electron chi connectivity index (χ4n) is 3.60. The highest BCUT2D eigenvalue weighted by Crippen LogP contribution is 2.48. The molecule has 0 spiro atoms. The van der Waals surface area contributed by atoms with Gasteiger partial charge in [0.2, 0.25) is 0 Å². The third kappa shape index (κ3) is 3.79. The van der Waals surface area contributed by atoms with Crippen molar-refractivity contribution >= 4 is 0 Å². The van der Waals surface area contributed by atoms with E-state index < -0.39 is 0 Å². The SMILES string of the molecule is COc1cnn(C)c1C1CC(C)(C)CCC1CNC(C)C. The van der Waals surface area contributed by atoms with Crippen LogP contribution in [0.5, 0.6) is 5.75 Å². The van der Waals surface area contributed by atoms with Crippen molar-refractivity contribution in [1.82, 2.24) is 15.1 Å². The van der Waals surface area contributed by atoms with Crippen LogP contribution in [0, 0.1) is 11.3 Å². The molecule has 2 unspecified atom stereocenters. The molecule has 1 aromatic rings. The van der Waals surface area contributed by atoms with E-state index >= 15 is 0 Å². The lowest BCUT2D eigenvalue weighted by molar-refractivity contribution is 0.151. The van der Waals surface area contributed by atoms with Crippen molar-refractivity contribution in [2.45, 2.75) is 58.9 Å². The first-order chi connectivity index (χ1) is 9.84. The highest BCUT2D eigenvalue weighted by atomic mass is 16.5. The molecular weight excluding hydrogens is 262 g/mol. The van der Waals surface area contributed by atoms with Crippen molar-refractivity contribution in [3.8, 4) is 5.75 Å². The van der Waals surface area contributed by atoms with Gasteiger partial charge in [-0.3, -0.25) is 4.68 Å². The van der Waals surface area contributed by atoms with Crippen LogP contribution in [0.3, 0.4) is 0 Å². The number of nitrogens with one attached hydrogen (secondary N) is 1. The van der Waals surface area contributed by atoms with E-state index in [4.69, 9.17) is 4.74 Å². The molecule has 1 aliphatic rings. The number of aromatic nitrogens is 2. The molecule has 1 heterocycles. The zero-order chi connectivity index (χ0) is 15.6. The molecule has 1 aromatic heterocycles. The maximum atomic E-state index is 5.56. The van der Waals surface area contributed by atoms with Crippen LogP contribution in [-0.2, 0) is 7.05 Å². The van der Waals surface area contributed by atoms with Gasteiger partial charge in [-0.25, -0.2) is 0 Å². The van der Waals surface area contributed by atoms with Crippen molar-refractivity contribution in [2.24, 2.45) is 18.4 Å². The molecule has 1 aliphatic carbocycles. The summed E-state index contributed by atoms with van der Waals surface area (Å²) >= 11 is 0. The van der Waals surface area contributed by atoms with Gasteiger partial charge in [0, 0.05) is 19.0 Å². The summed E-state index contributed by atoms with van der Waals surface area (Å²) in [6.45, 7) is 10.3. The molecule has 2 rings (SSSR count). The summed E-state index contributed by atoms with van der Waals surface area (Å²) in [5.74, 6) is 2.11. The topological polar surface area (TPSA) is 39.1 Å². The van der Waals surface area contributed by atoms with Gasteiger partial charge in [0.15, 0.2) is 5.75 Å². The number of methoxy groups -OCH3 is 1. The monoisotopic (exact) mass is 293 g/mol. The predicted octanol–water partition coefficient (Wildman–Crippen LogP) is 3.34. The Kier molecular flexibility index (Phi) is 4.97. The van der Waals surface area contributed by atoms with Crippen LogP contribution >= 0.6 is 0 Å². The molecule has 0 saturated heterocycles. The second kappa shape index (κ2) is 6.39. The lowest BCUT2D eigenvalue weighted by atomic mass is 9.66. The molecule has 21 heavy (non-hydrogen) atoms. The van der Waals surface area contributed by atoms with Crippen LogP contribution in [0.1, 0.15) is 58.6 Å². The number of ether oxygens (including phenoxy) is 1. The van der Waals surface area contributed by atoms with Crippen LogP contribution in [0.4, 0.5) is 0 Å². The fraction of sp³-hybridized carbons (Fsp3) is 0.824. The molecule has 0 aromatic carbocycles. The summed E-state index contributed by atoms with van der Waals surface area (Å²) < 4.78 is 7.56. The normalized spacial score (nSPS) is 25.3. The fourth-order valence-corrected chi connectivity index (χ4v) is 3.60. The Hall–Kier alpha value is -1.03. The Labute approximate surface area is 129 Å². The van der Waals surface area contributed by atoms with Crippen LogP contribution in [0.25, 0.3) is 0 Å². The lowest BCUT2D eigenvalue weighted by Gasteiger charge is -2.41. The number of nitrogens with zero attached hydrogens (tertiary/aromatic N) is 2. The van der Waals surface area contributed by atoms with Crippen molar-refractivity contribution in [2.75, 3.05) is 13.7 Å². The minimum absolute atomic E-state index is 0.397. The van der Waals surface area contributed by atoms with Crippen molar-refractivity contribution in [3.05, 3.63) is 11.9 Å². The molecule has 0 aliphatic heterocycles. The summed E-state index contributed by atoms with van der Waals surface area (Å²) in [5, 5.41) is 8.03. The van der Waals surface area contributed by atoms with Crippen molar-refractivity contribution in [1.29, 1.82) is 0 Å². The first-order valence-corrected chi connectivity index (χ1v) is 8.13. The Balaban J connectivity index is 2.26. The van der Waals surface area contributed by atoms with E-state index in [1.165, 1.54) is 25.0 Å². The number of hydrogen-bond acceptors (Lipinski definition) is 3. The average Bonchev–Trinajstić information content (AvgIpc) is 2.77. The van der Waals surface area contributed by atoms with Crippen molar-refractivity contribution in [3.63, 3.8) is 0 Å². The van der Waals surface area contributed by atoms with Crippen LogP contribution in [0.2, 0.25) is 0 Å². The standard InChI is InChI=1S/C17H31N3O/c1-12(2)18-10-13-7-8-17(3,4)9-14(13)16-15(21-6)11-19-20(16)5/h11-14,18H,7-10H2,1-6H3. The van der Waals surface area contributed by atoms with E-state index in [9.17, 15) is 0 Å². The first kappa shape index (κ1) is 16.3. The molecule has 1 saturated carbocycles. The molecule has 1 N–H and O–H groups in total. The largest absolute Gasteiger partial charge is 0.493 e. The summed E-state index contributed by atoms with van der Waals surface area (Å²) in [4.78, 5) is 0. The van der Waals surface area contributed by atoms with Crippen LogP contribution in [-0.4, -0.2) is 29.5 Å². The maximum absolute atomic E-state index is 5.56. The lowest BCUT2D eigenvalue weighted by Crippen LogP contribution is -2.37. The van der Waals surface area contributed by atoms with E-state index in [2.05, 4.69) is 38.1 Å². The van der Waals surface area contributed by atoms with Gasteiger partial charge in [-0.1, -0.05) is 27.7 Å². The average molecular weight is 293 g/mol. The summed E-state index contributed by atoms with van der Waals surface area (Å²) in [6, 6.07) is 0.536. The Morgan fingerprint density at radius 2 is 2.19 bits per heavy atom. The first-order valence-electron chi connectivity index (χ1n) is 8.13. The van der Waals surface area contributed by atoms with Gasteiger partial charge in [-0.05, 0) is 37.1 Å². The van der Waals surface area contributed by atoms with Crippen LogP contribution < -0.4 is 10.1 Å². The van der Waals surface area contributed by atoms with Gasteiger partial charge < -0.3 is 10.1 Å². The van der Waals surface area contributed by atoms with Gasteiger partial charge in [-0.15, -0.1) is 0 Å². The smallest absolute Gasteiger partial charge is 0.160 e. The molecule has 4 nitrogen and oxygen atoms in total. The van der Waals surface area contributed by atoms with E-state index in [-0.39, 0.29) is 0 Å². The van der Waals surface area contributed by atoms with Gasteiger partial charge >= 0.3 is 0 Å². The minimum atomic E-state index is 0.397. The molecule has 0 radical (unpaired) electrons. The molecule has 4 heteroatoms. The highest BCUT2D eigenvalue weighted by molar-refractivity contribution is 5.30. The van der Waals surface area contributed by atoms with Gasteiger partial charge in [0.05, 0.1) is 19.0 Å². The van der Waals surface area contributed by atoms with Gasteiger partial charge in [0.1, 0.15) is 0 Å². The quantitative estimate of drug-likeness (QED) is 0.905. The Morgan fingerprint density at radius 1 is 1.48 bits per heavy atom. The van der Waals surface area contributed by atoms with E-state index in [0.29, 0.717) is 23.3 Å². The summed E-state index contributed by atoms with van der Waals surface area (Å²) in [7, 11) is 3.78. The number of rotatable bonds is 5.